The highest BCUT2D eigenvalue weighted by atomic mass is 31.2. The number of esters is 2. The third-order valence-electron chi connectivity index (χ3n) is 16.4. The molecule has 1 N–H and O–H groups in total. The lowest BCUT2D eigenvalue weighted by molar-refractivity contribution is -0.870. The molecule has 0 rings (SSSR count). The third kappa shape index (κ3) is 76.9. The number of carbonyl (C=O) groups excluding carboxylic acids is 2. The van der Waals surface area contributed by atoms with E-state index in [1.165, 1.54) is 173 Å². The van der Waals surface area contributed by atoms with E-state index < -0.39 is 26.5 Å². The number of carbonyl (C=O) groups is 2. The number of nitrogens with zero attached hydrogens (tertiary/aromatic N) is 1. The molecule has 0 fully saturated rings. The molecular formula is C84H145NO8P+. The molecule has 0 aromatic heterocycles. The van der Waals surface area contributed by atoms with E-state index in [-0.39, 0.29) is 32.0 Å². The second kappa shape index (κ2) is 73.1. The summed E-state index contributed by atoms with van der Waals surface area (Å²) in [7, 11) is 1.45. The third-order valence-corrected chi connectivity index (χ3v) is 17.3. The van der Waals surface area contributed by atoms with E-state index in [4.69, 9.17) is 18.5 Å². The van der Waals surface area contributed by atoms with E-state index in [9.17, 15) is 19.0 Å². The average Bonchev–Trinajstić information content (AvgIpc) is 1.68. The molecule has 0 aromatic carbocycles. The number of hydrogen-bond acceptors (Lipinski definition) is 7. The predicted octanol–water partition coefficient (Wildman–Crippen LogP) is 25.7. The standard InChI is InChI=1S/C84H144NO8P/c1-6-8-10-12-14-16-18-20-22-24-26-28-30-32-34-36-38-40-42-44-46-48-50-52-54-56-58-60-62-64-66-68-70-72-74-76-83(86)90-80-82(81-92-94(88,89)91-79-78-85(3,4)5)93-84(87)77-75-73-71-69-67-65-63-61-59-57-55-53-51-49-47-45-43-41-39-37-35-33-31-29-27-25-23-21-19-17-15-13-11-9-7-2/h9,11,15,17-18,20-21,23-24,26-27,29,33,35,39,41,45,47,51,53,57,59,63,65,82H,6-8,10,12-14,16,19,22,25,28,30-32,34,36-38,40,42-44,46,48-50,52,54-56,58,60-62,64,66-81H2,1-5H3/p+1/b11-9-,17-15-,20-18-,23-21-,26-24-,29-27-,35-33-,41-39-,47-45-,53-51-,59-57-,65-63-. The molecule has 0 heterocycles. The van der Waals surface area contributed by atoms with Crippen LogP contribution in [0.2, 0.25) is 0 Å². The van der Waals surface area contributed by atoms with Crippen LogP contribution in [0, 0.1) is 0 Å². The number of allylic oxidation sites excluding steroid dienone is 24. The van der Waals surface area contributed by atoms with E-state index >= 15 is 0 Å². The number of phosphoric acid groups is 1. The molecule has 0 aliphatic heterocycles. The Balaban J connectivity index is 4.08. The summed E-state index contributed by atoms with van der Waals surface area (Å²) in [4.78, 5) is 35.9. The lowest BCUT2D eigenvalue weighted by Crippen LogP contribution is -2.37. The second-order valence-corrected chi connectivity index (χ2v) is 28.1. The molecule has 0 aliphatic rings. The van der Waals surface area contributed by atoms with Crippen LogP contribution in [0.1, 0.15) is 322 Å². The Bertz CT molecular complexity index is 2100. The number of rotatable bonds is 70. The molecule has 94 heavy (non-hydrogen) atoms. The highest BCUT2D eigenvalue weighted by Crippen LogP contribution is 2.43. The van der Waals surface area contributed by atoms with E-state index in [2.05, 4.69) is 160 Å². The molecule has 0 bridgehead atoms. The molecule has 0 aromatic rings. The zero-order valence-corrected chi connectivity index (χ0v) is 62.3. The summed E-state index contributed by atoms with van der Waals surface area (Å²) < 4.78 is 34.7. The Kier molecular flexibility index (Phi) is 69.9. The van der Waals surface area contributed by atoms with Crippen LogP contribution in [-0.2, 0) is 32.7 Å². The number of likely N-dealkylation sites (N-methyl/N-ethyl adjacent to an activating group) is 1. The summed E-state index contributed by atoms with van der Waals surface area (Å²) >= 11 is 0. The van der Waals surface area contributed by atoms with Gasteiger partial charge >= 0.3 is 19.8 Å². The van der Waals surface area contributed by atoms with Gasteiger partial charge in [-0.15, -0.1) is 0 Å². The van der Waals surface area contributed by atoms with Crippen LogP contribution in [0.3, 0.4) is 0 Å². The maximum Gasteiger partial charge on any atom is 0.472 e. The summed E-state index contributed by atoms with van der Waals surface area (Å²) in [5.41, 5.74) is 0. The number of quaternary nitrogens is 1. The van der Waals surface area contributed by atoms with Crippen molar-refractivity contribution in [2.45, 2.75) is 328 Å². The first kappa shape index (κ1) is 89.9. The fourth-order valence-electron chi connectivity index (χ4n) is 10.5. The van der Waals surface area contributed by atoms with Gasteiger partial charge in [0.25, 0.3) is 0 Å². The minimum absolute atomic E-state index is 0.0203. The summed E-state index contributed by atoms with van der Waals surface area (Å²) in [6.07, 6.45) is 108. The highest BCUT2D eigenvalue weighted by Gasteiger charge is 2.27. The SMILES string of the molecule is CC/C=C\C/C=C\C/C=C\C/C=C\C/C=C\C/C=C\C/C=C\C/C=C\C/C=C\C/C=C\CCCCCCC(=O)OC(COC(=O)CCCCCCCCCCCCCCCCCCCCCCCCC/C=C\C/C=C\CCCCCCC)COP(=O)(O)OCC[N+](C)(C)C. The van der Waals surface area contributed by atoms with Gasteiger partial charge in [-0.1, -0.05) is 333 Å². The monoisotopic (exact) mass is 1330 g/mol. The van der Waals surface area contributed by atoms with Gasteiger partial charge in [0, 0.05) is 12.8 Å². The van der Waals surface area contributed by atoms with Crippen molar-refractivity contribution in [3.63, 3.8) is 0 Å². The maximum absolute atomic E-state index is 12.9. The van der Waals surface area contributed by atoms with Gasteiger partial charge in [0.1, 0.15) is 19.8 Å². The summed E-state index contributed by atoms with van der Waals surface area (Å²) in [5.74, 6) is -0.825. The lowest BCUT2D eigenvalue weighted by Gasteiger charge is -2.24. The van der Waals surface area contributed by atoms with Crippen LogP contribution in [0.15, 0.2) is 146 Å². The van der Waals surface area contributed by atoms with Crippen molar-refractivity contribution in [2.24, 2.45) is 0 Å². The Hall–Kier alpha value is -4.11. The van der Waals surface area contributed by atoms with Crippen LogP contribution in [-0.4, -0.2) is 74.9 Å². The Labute approximate surface area is 580 Å². The summed E-state index contributed by atoms with van der Waals surface area (Å²) in [6, 6.07) is 0. The molecule has 0 amide bonds. The van der Waals surface area contributed by atoms with E-state index in [0.29, 0.717) is 17.4 Å². The van der Waals surface area contributed by atoms with Crippen molar-refractivity contribution in [1.82, 2.24) is 0 Å². The predicted molar refractivity (Wildman–Crippen MR) is 408 cm³/mol. The van der Waals surface area contributed by atoms with Crippen LogP contribution in [0.5, 0.6) is 0 Å². The molecule has 538 valence electrons. The largest absolute Gasteiger partial charge is 0.472 e. The van der Waals surface area contributed by atoms with Gasteiger partial charge < -0.3 is 18.9 Å². The zero-order chi connectivity index (χ0) is 68.3. The van der Waals surface area contributed by atoms with Crippen molar-refractivity contribution in [1.29, 1.82) is 0 Å². The maximum atomic E-state index is 12.9. The normalized spacial score (nSPS) is 13.9. The van der Waals surface area contributed by atoms with Gasteiger partial charge in [0.15, 0.2) is 6.10 Å². The lowest BCUT2D eigenvalue weighted by atomic mass is 10.0. The number of ether oxygens (including phenoxy) is 2. The minimum atomic E-state index is -4.41. The quantitative estimate of drug-likeness (QED) is 0.0211. The van der Waals surface area contributed by atoms with Gasteiger partial charge in [-0.3, -0.25) is 18.6 Å². The molecular weight excluding hydrogens is 1180 g/mol. The van der Waals surface area contributed by atoms with Gasteiger partial charge in [-0.25, -0.2) is 4.57 Å². The molecule has 9 nitrogen and oxygen atoms in total. The Morgan fingerprint density at radius 2 is 0.606 bits per heavy atom. The van der Waals surface area contributed by atoms with Crippen LogP contribution < -0.4 is 0 Å². The topological polar surface area (TPSA) is 108 Å². The van der Waals surface area contributed by atoms with E-state index in [0.717, 1.165) is 116 Å². The van der Waals surface area contributed by atoms with Crippen LogP contribution in [0.25, 0.3) is 0 Å². The second-order valence-electron chi connectivity index (χ2n) is 26.7. The first-order valence-corrected chi connectivity index (χ1v) is 40.1. The van der Waals surface area contributed by atoms with Crippen LogP contribution >= 0.6 is 7.82 Å². The van der Waals surface area contributed by atoms with Gasteiger partial charge in [0.05, 0.1) is 27.7 Å². The summed E-state index contributed by atoms with van der Waals surface area (Å²) in [5, 5.41) is 0. The average molecular weight is 1330 g/mol. The zero-order valence-electron chi connectivity index (χ0n) is 61.4. The smallest absolute Gasteiger partial charge is 0.462 e. The first-order valence-electron chi connectivity index (χ1n) is 38.6. The van der Waals surface area contributed by atoms with Gasteiger partial charge in [0.2, 0.25) is 0 Å². The molecule has 0 radical (unpaired) electrons. The molecule has 0 saturated carbocycles. The minimum Gasteiger partial charge on any atom is -0.462 e. The van der Waals surface area contributed by atoms with Crippen molar-refractivity contribution < 1.29 is 42.1 Å². The Morgan fingerprint density at radius 3 is 0.904 bits per heavy atom. The van der Waals surface area contributed by atoms with Gasteiger partial charge in [-0.2, -0.15) is 0 Å². The van der Waals surface area contributed by atoms with Crippen molar-refractivity contribution in [2.75, 3.05) is 47.5 Å². The van der Waals surface area contributed by atoms with Crippen LogP contribution in [0.4, 0.5) is 0 Å². The van der Waals surface area contributed by atoms with E-state index in [1.54, 1.807) is 0 Å². The number of hydrogen-bond donors (Lipinski definition) is 1. The Morgan fingerprint density at radius 1 is 0.340 bits per heavy atom. The molecule has 10 heteroatoms. The first-order chi connectivity index (χ1) is 46.0. The van der Waals surface area contributed by atoms with Crippen molar-refractivity contribution in [3.8, 4) is 0 Å². The fourth-order valence-corrected chi connectivity index (χ4v) is 11.2. The van der Waals surface area contributed by atoms with E-state index in [1.807, 2.05) is 21.1 Å². The molecule has 0 spiro atoms. The fraction of sp³-hybridized carbons (Fsp3) is 0.690. The number of phosphoric ester groups is 1. The molecule has 2 unspecified atom stereocenters. The van der Waals surface area contributed by atoms with Crippen molar-refractivity contribution >= 4 is 19.8 Å². The molecule has 2 atom stereocenters. The highest BCUT2D eigenvalue weighted by molar-refractivity contribution is 7.47. The molecule has 0 aliphatic carbocycles. The number of unbranched alkanes of at least 4 members (excludes halogenated alkanes) is 32. The van der Waals surface area contributed by atoms with Gasteiger partial charge in [-0.05, 0) is 122 Å². The summed E-state index contributed by atoms with van der Waals surface area (Å²) in [6.45, 7) is 4.30. The van der Waals surface area contributed by atoms with Crippen molar-refractivity contribution in [3.05, 3.63) is 146 Å². The molecule has 0 saturated heterocycles.